The molecule has 1 aromatic heterocycles. The second kappa shape index (κ2) is 5.80. The SMILES string of the molecule is COC(=O)C(C(C)C)n1c(=S)[nH]c2cc(I)c(F)cc21. The number of rotatable bonds is 3. The maximum atomic E-state index is 13.8. The molecule has 20 heavy (non-hydrogen) atoms. The first kappa shape index (κ1) is 15.4. The van der Waals surface area contributed by atoms with Gasteiger partial charge in [0.25, 0.3) is 0 Å². The molecule has 0 saturated heterocycles. The molecule has 0 amide bonds. The fourth-order valence-corrected chi connectivity index (χ4v) is 2.98. The molecular weight excluding hydrogens is 394 g/mol. The van der Waals surface area contributed by atoms with Crippen molar-refractivity contribution in [2.45, 2.75) is 19.9 Å². The van der Waals surface area contributed by atoms with Gasteiger partial charge in [-0.25, -0.2) is 9.18 Å². The molecule has 0 saturated carbocycles. The summed E-state index contributed by atoms with van der Waals surface area (Å²) >= 11 is 7.19. The number of aromatic amines is 1. The van der Waals surface area contributed by atoms with Gasteiger partial charge in [0.05, 0.1) is 21.7 Å². The fraction of sp³-hybridized carbons (Fsp3) is 0.385. The number of carbonyl (C=O) groups is 1. The molecule has 1 aromatic carbocycles. The Morgan fingerprint density at radius 3 is 2.70 bits per heavy atom. The minimum absolute atomic E-state index is 0.0320. The van der Waals surface area contributed by atoms with Crippen molar-refractivity contribution < 1.29 is 13.9 Å². The summed E-state index contributed by atoms with van der Waals surface area (Å²) in [5.41, 5.74) is 1.27. The Kier molecular flexibility index (Phi) is 4.48. The lowest BCUT2D eigenvalue weighted by atomic mass is 10.0. The number of aromatic nitrogens is 2. The van der Waals surface area contributed by atoms with Crippen LogP contribution in [0.25, 0.3) is 11.0 Å². The Morgan fingerprint density at radius 1 is 1.50 bits per heavy atom. The van der Waals surface area contributed by atoms with E-state index >= 15 is 0 Å². The Bertz CT molecular complexity index is 723. The van der Waals surface area contributed by atoms with Crippen LogP contribution in [0.1, 0.15) is 19.9 Å². The summed E-state index contributed by atoms with van der Waals surface area (Å²) in [6, 6.07) is 2.48. The number of methoxy groups -OCH3 is 1. The van der Waals surface area contributed by atoms with E-state index in [0.717, 1.165) is 0 Å². The zero-order valence-corrected chi connectivity index (χ0v) is 14.2. The Hall–Kier alpha value is -0.960. The molecule has 1 N–H and O–H groups in total. The van der Waals surface area contributed by atoms with Gasteiger partial charge in [-0.05, 0) is 46.8 Å². The second-order valence-electron chi connectivity index (χ2n) is 4.80. The summed E-state index contributed by atoms with van der Waals surface area (Å²) in [7, 11) is 1.33. The number of carbonyl (C=O) groups excluding carboxylic acids is 1. The van der Waals surface area contributed by atoms with Crippen molar-refractivity contribution >= 4 is 51.8 Å². The van der Waals surface area contributed by atoms with Gasteiger partial charge in [0, 0.05) is 6.07 Å². The van der Waals surface area contributed by atoms with E-state index in [9.17, 15) is 9.18 Å². The van der Waals surface area contributed by atoms with Crippen molar-refractivity contribution in [1.29, 1.82) is 0 Å². The molecule has 1 atom stereocenters. The maximum absolute atomic E-state index is 13.8. The van der Waals surface area contributed by atoms with Crippen LogP contribution in [0, 0.1) is 20.1 Å². The van der Waals surface area contributed by atoms with Gasteiger partial charge in [-0.2, -0.15) is 0 Å². The molecule has 2 rings (SSSR count). The first-order chi connectivity index (χ1) is 9.36. The van der Waals surface area contributed by atoms with Crippen LogP contribution in [0.3, 0.4) is 0 Å². The standard InChI is InChI=1S/C13H14FIN2O2S/c1-6(2)11(12(18)19-3)17-10-4-7(14)8(15)5-9(10)16-13(17)20/h4-6,11H,1-3H3,(H,16,20). The van der Waals surface area contributed by atoms with E-state index in [1.165, 1.54) is 13.2 Å². The highest BCUT2D eigenvalue weighted by Crippen LogP contribution is 2.27. The normalized spacial score (nSPS) is 12.9. The number of esters is 1. The van der Waals surface area contributed by atoms with Crippen molar-refractivity contribution in [2.75, 3.05) is 7.11 Å². The zero-order valence-electron chi connectivity index (χ0n) is 11.2. The fourth-order valence-electron chi connectivity index (χ4n) is 2.19. The lowest BCUT2D eigenvalue weighted by molar-refractivity contribution is -0.145. The number of nitrogens with one attached hydrogen (secondary N) is 1. The van der Waals surface area contributed by atoms with Crippen LogP contribution >= 0.6 is 34.8 Å². The summed E-state index contributed by atoms with van der Waals surface area (Å²) in [4.78, 5) is 15.0. The molecule has 0 fully saturated rings. The Labute approximate surface area is 134 Å². The quantitative estimate of drug-likeness (QED) is 0.478. The van der Waals surface area contributed by atoms with Gasteiger partial charge in [-0.1, -0.05) is 13.8 Å². The van der Waals surface area contributed by atoms with Crippen LogP contribution in [0.5, 0.6) is 0 Å². The average molecular weight is 408 g/mol. The van der Waals surface area contributed by atoms with E-state index in [1.54, 1.807) is 10.6 Å². The first-order valence-electron chi connectivity index (χ1n) is 6.04. The van der Waals surface area contributed by atoms with Crippen LogP contribution in [0.15, 0.2) is 12.1 Å². The molecule has 1 heterocycles. The largest absolute Gasteiger partial charge is 0.467 e. The Balaban J connectivity index is 2.75. The monoisotopic (exact) mass is 408 g/mol. The van der Waals surface area contributed by atoms with Gasteiger partial charge >= 0.3 is 5.97 Å². The second-order valence-corrected chi connectivity index (χ2v) is 6.34. The van der Waals surface area contributed by atoms with Crippen molar-refractivity contribution in [2.24, 2.45) is 5.92 Å². The molecule has 1 unspecified atom stereocenters. The number of H-pyrrole nitrogens is 1. The number of ether oxygens (including phenoxy) is 1. The van der Waals surface area contributed by atoms with Crippen molar-refractivity contribution in [3.05, 3.63) is 26.3 Å². The van der Waals surface area contributed by atoms with Gasteiger partial charge < -0.3 is 14.3 Å². The average Bonchev–Trinajstić information content (AvgIpc) is 2.66. The van der Waals surface area contributed by atoms with E-state index in [1.807, 2.05) is 36.4 Å². The van der Waals surface area contributed by atoms with E-state index in [-0.39, 0.29) is 11.7 Å². The first-order valence-corrected chi connectivity index (χ1v) is 7.52. The van der Waals surface area contributed by atoms with Gasteiger partial charge in [0.2, 0.25) is 0 Å². The molecular formula is C13H14FIN2O2S. The van der Waals surface area contributed by atoms with Crippen LogP contribution in [0.2, 0.25) is 0 Å². The molecule has 0 aliphatic rings. The van der Waals surface area contributed by atoms with Crippen LogP contribution < -0.4 is 0 Å². The molecule has 7 heteroatoms. The molecule has 2 aromatic rings. The topological polar surface area (TPSA) is 47.0 Å². The third-order valence-corrected chi connectivity index (χ3v) is 4.24. The summed E-state index contributed by atoms with van der Waals surface area (Å²) in [6.45, 7) is 3.79. The van der Waals surface area contributed by atoms with Gasteiger partial charge in [0.15, 0.2) is 4.77 Å². The number of halogens is 2. The lowest BCUT2D eigenvalue weighted by Gasteiger charge is -2.20. The number of hydrogen-bond donors (Lipinski definition) is 1. The van der Waals surface area contributed by atoms with E-state index in [4.69, 9.17) is 17.0 Å². The minimum atomic E-state index is -0.583. The molecule has 0 bridgehead atoms. The number of benzene rings is 1. The number of hydrogen-bond acceptors (Lipinski definition) is 3. The van der Waals surface area contributed by atoms with Gasteiger partial charge in [-0.3, -0.25) is 0 Å². The third kappa shape index (κ3) is 2.60. The van der Waals surface area contributed by atoms with E-state index < -0.39 is 12.0 Å². The summed E-state index contributed by atoms with van der Waals surface area (Å²) in [5.74, 6) is -0.764. The van der Waals surface area contributed by atoms with E-state index in [0.29, 0.717) is 19.4 Å². The predicted molar refractivity (Wildman–Crippen MR) is 85.7 cm³/mol. The predicted octanol–water partition coefficient (Wildman–Crippen LogP) is 3.81. The molecule has 0 spiro atoms. The van der Waals surface area contributed by atoms with Crippen LogP contribution in [0.4, 0.5) is 4.39 Å². The van der Waals surface area contributed by atoms with Gasteiger partial charge in [0.1, 0.15) is 11.9 Å². The minimum Gasteiger partial charge on any atom is -0.467 e. The molecule has 0 radical (unpaired) electrons. The highest BCUT2D eigenvalue weighted by Gasteiger charge is 2.27. The maximum Gasteiger partial charge on any atom is 0.329 e. The molecule has 108 valence electrons. The van der Waals surface area contributed by atoms with Crippen molar-refractivity contribution in [3.63, 3.8) is 0 Å². The smallest absolute Gasteiger partial charge is 0.329 e. The molecule has 0 aliphatic heterocycles. The van der Waals surface area contributed by atoms with Crippen molar-refractivity contribution in [3.8, 4) is 0 Å². The van der Waals surface area contributed by atoms with Crippen molar-refractivity contribution in [1.82, 2.24) is 9.55 Å². The van der Waals surface area contributed by atoms with Crippen LogP contribution in [-0.4, -0.2) is 22.6 Å². The van der Waals surface area contributed by atoms with Crippen LogP contribution in [-0.2, 0) is 9.53 Å². The third-order valence-electron chi connectivity index (χ3n) is 3.11. The van der Waals surface area contributed by atoms with E-state index in [2.05, 4.69) is 4.98 Å². The highest BCUT2D eigenvalue weighted by molar-refractivity contribution is 14.1. The summed E-state index contributed by atoms with van der Waals surface area (Å²) in [5, 5.41) is 0. The highest BCUT2D eigenvalue weighted by atomic mass is 127. The Morgan fingerprint density at radius 2 is 2.15 bits per heavy atom. The number of fused-ring (bicyclic) bond motifs is 1. The summed E-state index contributed by atoms with van der Waals surface area (Å²) < 4.78 is 21.1. The number of imidazole rings is 1. The van der Waals surface area contributed by atoms with Gasteiger partial charge in [-0.15, -0.1) is 0 Å². The molecule has 4 nitrogen and oxygen atoms in total. The summed E-state index contributed by atoms with van der Waals surface area (Å²) in [6.07, 6.45) is 0. The molecule has 0 aliphatic carbocycles. The number of nitrogens with zero attached hydrogens (tertiary/aromatic N) is 1. The zero-order chi connectivity index (χ0) is 15.0. The lowest BCUT2D eigenvalue weighted by Crippen LogP contribution is -2.25.